The lowest BCUT2D eigenvalue weighted by Gasteiger charge is -2.10. The molecule has 0 fully saturated rings. The zero-order valence-electron chi connectivity index (χ0n) is 14.0. The molecule has 120 valence electrons. The third-order valence-corrected chi connectivity index (χ3v) is 4.57. The fourth-order valence-corrected chi connectivity index (χ4v) is 3.14. The Hall–Kier alpha value is -2.95. The SMILES string of the molecule is Cc1nnc(NCc2cccc3cccnc23)c2c(C)n(C)cc12. The van der Waals surface area contributed by atoms with Crippen LogP contribution in [0.1, 0.15) is 17.0 Å². The maximum atomic E-state index is 4.51. The maximum Gasteiger partial charge on any atom is 0.158 e. The van der Waals surface area contributed by atoms with Gasteiger partial charge in [0.2, 0.25) is 0 Å². The van der Waals surface area contributed by atoms with Crippen molar-refractivity contribution < 1.29 is 0 Å². The lowest BCUT2D eigenvalue weighted by Crippen LogP contribution is -2.05. The summed E-state index contributed by atoms with van der Waals surface area (Å²) in [5, 5.41) is 15.6. The minimum Gasteiger partial charge on any atom is -0.364 e. The fourth-order valence-electron chi connectivity index (χ4n) is 3.14. The molecule has 0 aliphatic rings. The second-order valence-corrected chi connectivity index (χ2v) is 6.09. The minimum atomic E-state index is 0.662. The Morgan fingerprint density at radius 2 is 1.92 bits per heavy atom. The lowest BCUT2D eigenvalue weighted by molar-refractivity contribution is 0.888. The minimum absolute atomic E-state index is 0.662. The van der Waals surface area contributed by atoms with Crippen molar-refractivity contribution in [2.45, 2.75) is 20.4 Å². The van der Waals surface area contributed by atoms with E-state index < -0.39 is 0 Å². The molecule has 3 aromatic heterocycles. The van der Waals surface area contributed by atoms with Crippen LogP contribution in [0, 0.1) is 13.8 Å². The molecule has 3 heterocycles. The topological polar surface area (TPSA) is 55.6 Å². The van der Waals surface area contributed by atoms with Gasteiger partial charge in [-0.15, -0.1) is 5.10 Å². The first-order chi connectivity index (χ1) is 11.6. The first-order valence-corrected chi connectivity index (χ1v) is 8.00. The average Bonchev–Trinajstić information content (AvgIpc) is 2.91. The van der Waals surface area contributed by atoms with E-state index in [4.69, 9.17) is 0 Å². The van der Waals surface area contributed by atoms with Gasteiger partial charge in [-0.3, -0.25) is 4.98 Å². The summed E-state index contributed by atoms with van der Waals surface area (Å²) >= 11 is 0. The van der Waals surface area contributed by atoms with E-state index in [0.29, 0.717) is 6.54 Å². The van der Waals surface area contributed by atoms with E-state index in [1.807, 2.05) is 26.2 Å². The second kappa shape index (κ2) is 5.60. The summed E-state index contributed by atoms with van der Waals surface area (Å²) in [5.41, 5.74) is 4.30. The zero-order valence-corrected chi connectivity index (χ0v) is 14.0. The number of para-hydroxylation sites is 1. The second-order valence-electron chi connectivity index (χ2n) is 6.09. The molecule has 1 aromatic carbocycles. The third-order valence-electron chi connectivity index (χ3n) is 4.57. The summed E-state index contributed by atoms with van der Waals surface area (Å²) in [6, 6.07) is 10.3. The van der Waals surface area contributed by atoms with Gasteiger partial charge in [0.25, 0.3) is 0 Å². The summed E-state index contributed by atoms with van der Waals surface area (Å²) in [6.07, 6.45) is 3.94. The van der Waals surface area contributed by atoms with E-state index in [-0.39, 0.29) is 0 Å². The summed E-state index contributed by atoms with van der Waals surface area (Å²) in [6.45, 7) is 4.76. The van der Waals surface area contributed by atoms with Crippen LogP contribution in [0.2, 0.25) is 0 Å². The van der Waals surface area contributed by atoms with Crippen LogP contribution in [-0.2, 0) is 13.6 Å². The molecule has 0 aliphatic carbocycles. The van der Waals surface area contributed by atoms with Crippen LogP contribution in [-0.4, -0.2) is 19.7 Å². The molecule has 0 amide bonds. The lowest BCUT2D eigenvalue weighted by atomic mass is 10.1. The number of aromatic nitrogens is 4. The highest BCUT2D eigenvalue weighted by Crippen LogP contribution is 2.28. The predicted octanol–water partition coefficient (Wildman–Crippen LogP) is 3.75. The number of hydrogen-bond donors (Lipinski definition) is 1. The van der Waals surface area contributed by atoms with Gasteiger partial charge < -0.3 is 9.88 Å². The predicted molar refractivity (Wildman–Crippen MR) is 97.1 cm³/mol. The number of rotatable bonds is 3. The van der Waals surface area contributed by atoms with E-state index in [2.05, 4.69) is 62.5 Å². The van der Waals surface area contributed by atoms with Gasteiger partial charge in [-0.25, -0.2) is 0 Å². The first kappa shape index (κ1) is 14.6. The molecule has 4 aromatic rings. The third kappa shape index (κ3) is 2.29. The molecule has 0 atom stereocenters. The van der Waals surface area contributed by atoms with Gasteiger partial charge in [0, 0.05) is 47.8 Å². The van der Waals surface area contributed by atoms with Crippen molar-refractivity contribution in [1.82, 2.24) is 19.7 Å². The normalized spacial score (nSPS) is 11.3. The number of benzene rings is 1. The molecule has 4 rings (SSSR count). The molecular weight excluding hydrogens is 298 g/mol. The molecule has 0 bridgehead atoms. The Morgan fingerprint density at radius 3 is 2.79 bits per heavy atom. The molecule has 1 N–H and O–H groups in total. The van der Waals surface area contributed by atoms with Crippen molar-refractivity contribution in [2.24, 2.45) is 7.05 Å². The Labute approximate surface area is 140 Å². The molecule has 5 heteroatoms. The van der Waals surface area contributed by atoms with Crippen molar-refractivity contribution >= 4 is 27.5 Å². The van der Waals surface area contributed by atoms with Gasteiger partial charge in [0.15, 0.2) is 5.82 Å². The van der Waals surface area contributed by atoms with Crippen LogP contribution in [0.15, 0.2) is 42.7 Å². The van der Waals surface area contributed by atoms with Crippen LogP contribution in [0.25, 0.3) is 21.7 Å². The van der Waals surface area contributed by atoms with E-state index in [1.165, 1.54) is 5.69 Å². The molecule has 0 radical (unpaired) electrons. The molecule has 0 saturated heterocycles. The number of nitrogens with one attached hydrogen (secondary N) is 1. The Bertz CT molecular complexity index is 1040. The van der Waals surface area contributed by atoms with Crippen molar-refractivity contribution in [3.8, 4) is 0 Å². The summed E-state index contributed by atoms with van der Waals surface area (Å²) in [7, 11) is 2.05. The smallest absolute Gasteiger partial charge is 0.158 e. The largest absolute Gasteiger partial charge is 0.364 e. The maximum absolute atomic E-state index is 4.51. The average molecular weight is 317 g/mol. The molecule has 0 aliphatic heterocycles. The molecule has 0 spiro atoms. The van der Waals surface area contributed by atoms with Crippen molar-refractivity contribution in [1.29, 1.82) is 0 Å². The highest BCUT2D eigenvalue weighted by Gasteiger charge is 2.13. The summed E-state index contributed by atoms with van der Waals surface area (Å²) in [4.78, 5) is 4.51. The molecule has 0 unspecified atom stereocenters. The van der Waals surface area contributed by atoms with Gasteiger partial charge in [0.05, 0.1) is 11.2 Å². The van der Waals surface area contributed by atoms with Crippen LogP contribution in [0.5, 0.6) is 0 Å². The van der Waals surface area contributed by atoms with E-state index in [9.17, 15) is 0 Å². The number of pyridine rings is 1. The molecule has 24 heavy (non-hydrogen) atoms. The van der Waals surface area contributed by atoms with Crippen molar-refractivity contribution in [3.05, 3.63) is 59.7 Å². The van der Waals surface area contributed by atoms with Gasteiger partial charge in [-0.05, 0) is 25.5 Å². The number of nitrogens with zero attached hydrogens (tertiary/aromatic N) is 4. The summed E-state index contributed by atoms with van der Waals surface area (Å²) < 4.78 is 2.12. The Balaban J connectivity index is 1.74. The monoisotopic (exact) mass is 317 g/mol. The first-order valence-electron chi connectivity index (χ1n) is 8.00. The standard InChI is InChI=1S/C19H19N5/c1-12-16-11-24(3)13(2)17(16)19(23-22-12)21-10-15-7-4-6-14-8-5-9-20-18(14)15/h4-9,11H,10H2,1-3H3,(H,21,23). The van der Waals surface area contributed by atoms with Crippen LogP contribution in [0.4, 0.5) is 5.82 Å². The van der Waals surface area contributed by atoms with Crippen LogP contribution < -0.4 is 5.32 Å². The number of fused-ring (bicyclic) bond motifs is 2. The Morgan fingerprint density at radius 1 is 1.08 bits per heavy atom. The van der Waals surface area contributed by atoms with Crippen LogP contribution in [0.3, 0.4) is 0 Å². The number of anilines is 1. The van der Waals surface area contributed by atoms with Gasteiger partial charge in [-0.2, -0.15) is 5.10 Å². The number of hydrogen-bond acceptors (Lipinski definition) is 4. The molecule has 0 saturated carbocycles. The van der Waals surface area contributed by atoms with Gasteiger partial charge in [0.1, 0.15) is 0 Å². The quantitative estimate of drug-likeness (QED) is 0.625. The van der Waals surface area contributed by atoms with E-state index in [1.54, 1.807) is 0 Å². The van der Waals surface area contributed by atoms with Crippen molar-refractivity contribution in [2.75, 3.05) is 5.32 Å². The van der Waals surface area contributed by atoms with Gasteiger partial charge in [-0.1, -0.05) is 24.3 Å². The van der Waals surface area contributed by atoms with Crippen LogP contribution >= 0.6 is 0 Å². The Kier molecular flexibility index (Phi) is 3.41. The molecule has 5 nitrogen and oxygen atoms in total. The number of aryl methyl sites for hydroxylation is 3. The van der Waals surface area contributed by atoms with Crippen molar-refractivity contribution in [3.63, 3.8) is 0 Å². The highest BCUT2D eigenvalue weighted by molar-refractivity contribution is 5.95. The van der Waals surface area contributed by atoms with Gasteiger partial charge >= 0.3 is 0 Å². The zero-order chi connectivity index (χ0) is 16.7. The summed E-state index contributed by atoms with van der Waals surface area (Å²) in [5.74, 6) is 0.821. The fraction of sp³-hybridized carbons (Fsp3) is 0.211. The molecular formula is C19H19N5. The highest BCUT2D eigenvalue weighted by atomic mass is 15.2. The van der Waals surface area contributed by atoms with E-state index >= 15 is 0 Å². The van der Waals surface area contributed by atoms with E-state index in [0.717, 1.165) is 38.8 Å².